The van der Waals surface area contributed by atoms with Gasteiger partial charge in [-0.1, -0.05) is 28.1 Å². The Morgan fingerprint density at radius 2 is 2.29 bits per heavy atom. The van der Waals surface area contributed by atoms with Gasteiger partial charge >= 0.3 is 0 Å². The molecule has 17 heavy (non-hydrogen) atoms. The highest BCUT2D eigenvalue weighted by Gasteiger charge is 2.29. The highest BCUT2D eigenvalue weighted by molar-refractivity contribution is 9.10. The van der Waals surface area contributed by atoms with Crippen LogP contribution in [0.25, 0.3) is 0 Å². The maximum Gasteiger partial charge on any atom is 0.0286 e. The van der Waals surface area contributed by atoms with Crippen molar-refractivity contribution >= 4 is 15.9 Å². The third-order valence-corrected chi connectivity index (χ3v) is 4.09. The molecular formula is C14H21BrN2. The number of halogens is 1. The van der Waals surface area contributed by atoms with Crippen molar-refractivity contribution in [3.8, 4) is 0 Å². The molecule has 1 fully saturated rings. The van der Waals surface area contributed by atoms with Crippen LogP contribution in [0, 0.1) is 0 Å². The van der Waals surface area contributed by atoms with Gasteiger partial charge in [0.15, 0.2) is 0 Å². The molecule has 2 rings (SSSR count). The fraction of sp³-hybridized carbons (Fsp3) is 0.571. The highest BCUT2D eigenvalue weighted by Crippen LogP contribution is 2.23. The summed E-state index contributed by atoms with van der Waals surface area (Å²) < 4.78 is 1.15. The molecule has 0 aromatic heterocycles. The standard InChI is InChI=1S/C14H21BrN2/c1-17-9-3-7-14(16,11-17)8-6-12-4-2-5-13(15)10-12/h2,4-5,10H,3,6-9,11,16H2,1H3. The van der Waals surface area contributed by atoms with Crippen LogP contribution in [-0.4, -0.2) is 30.6 Å². The van der Waals surface area contributed by atoms with E-state index < -0.39 is 0 Å². The number of hydrogen-bond donors (Lipinski definition) is 1. The van der Waals surface area contributed by atoms with Crippen LogP contribution in [0.3, 0.4) is 0 Å². The Bertz CT molecular complexity index is 380. The summed E-state index contributed by atoms with van der Waals surface area (Å²) in [4.78, 5) is 2.35. The molecule has 0 radical (unpaired) electrons. The molecule has 0 saturated carbocycles. The number of rotatable bonds is 3. The van der Waals surface area contributed by atoms with E-state index in [-0.39, 0.29) is 5.54 Å². The number of piperidine rings is 1. The van der Waals surface area contributed by atoms with E-state index in [0.29, 0.717) is 0 Å². The first-order valence-corrected chi connectivity index (χ1v) is 7.09. The Labute approximate surface area is 112 Å². The van der Waals surface area contributed by atoms with E-state index in [9.17, 15) is 0 Å². The molecule has 0 aliphatic carbocycles. The second kappa shape index (κ2) is 5.51. The molecule has 0 spiro atoms. The molecule has 1 atom stereocenters. The molecule has 1 aromatic rings. The SMILES string of the molecule is CN1CCCC(N)(CCc2cccc(Br)c2)C1. The summed E-state index contributed by atoms with van der Waals surface area (Å²) in [6, 6.07) is 8.53. The Hall–Kier alpha value is -0.380. The molecule has 1 aromatic carbocycles. The molecule has 1 unspecified atom stereocenters. The Morgan fingerprint density at radius 3 is 3.00 bits per heavy atom. The Balaban J connectivity index is 1.93. The molecule has 94 valence electrons. The van der Waals surface area contributed by atoms with Crippen LogP contribution in [-0.2, 0) is 6.42 Å². The van der Waals surface area contributed by atoms with Gasteiger partial charge in [-0.2, -0.15) is 0 Å². The van der Waals surface area contributed by atoms with Crippen molar-refractivity contribution in [2.75, 3.05) is 20.1 Å². The first kappa shape index (κ1) is 13.1. The normalized spacial score (nSPS) is 26.1. The zero-order chi connectivity index (χ0) is 12.3. The third-order valence-electron chi connectivity index (χ3n) is 3.60. The summed E-state index contributed by atoms with van der Waals surface area (Å²) in [6.45, 7) is 2.22. The van der Waals surface area contributed by atoms with Gasteiger partial charge in [-0.15, -0.1) is 0 Å². The highest BCUT2D eigenvalue weighted by atomic mass is 79.9. The first-order chi connectivity index (χ1) is 8.07. The molecule has 3 heteroatoms. The van der Waals surface area contributed by atoms with Crippen LogP contribution in [0.15, 0.2) is 28.7 Å². The molecule has 2 nitrogen and oxygen atoms in total. The zero-order valence-corrected chi connectivity index (χ0v) is 12.0. The second-order valence-electron chi connectivity index (χ2n) is 5.33. The minimum Gasteiger partial charge on any atom is -0.324 e. The van der Waals surface area contributed by atoms with E-state index >= 15 is 0 Å². The molecule has 1 aliphatic rings. The average Bonchev–Trinajstić information content (AvgIpc) is 2.26. The van der Waals surface area contributed by atoms with Crippen LogP contribution in [0.5, 0.6) is 0 Å². The summed E-state index contributed by atoms with van der Waals surface area (Å²) in [6.07, 6.45) is 4.54. The lowest BCUT2D eigenvalue weighted by molar-refractivity contribution is 0.170. The van der Waals surface area contributed by atoms with Crippen molar-refractivity contribution in [1.82, 2.24) is 4.90 Å². The van der Waals surface area contributed by atoms with Gasteiger partial charge in [0, 0.05) is 16.6 Å². The monoisotopic (exact) mass is 296 g/mol. The number of likely N-dealkylation sites (N-methyl/N-ethyl adjacent to an activating group) is 1. The molecule has 2 N–H and O–H groups in total. The van der Waals surface area contributed by atoms with Gasteiger partial charge in [0.05, 0.1) is 0 Å². The summed E-state index contributed by atoms with van der Waals surface area (Å²) >= 11 is 3.51. The summed E-state index contributed by atoms with van der Waals surface area (Å²) in [5.74, 6) is 0. The number of benzene rings is 1. The van der Waals surface area contributed by atoms with E-state index in [0.717, 1.165) is 30.3 Å². The van der Waals surface area contributed by atoms with Crippen LogP contribution in [0.4, 0.5) is 0 Å². The maximum absolute atomic E-state index is 6.48. The van der Waals surface area contributed by atoms with Crippen LogP contribution < -0.4 is 5.73 Å². The Morgan fingerprint density at radius 1 is 1.47 bits per heavy atom. The first-order valence-electron chi connectivity index (χ1n) is 6.29. The second-order valence-corrected chi connectivity index (χ2v) is 6.25. The molecule has 0 amide bonds. The van der Waals surface area contributed by atoms with Crippen molar-refractivity contribution in [1.29, 1.82) is 0 Å². The van der Waals surface area contributed by atoms with E-state index in [2.05, 4.69) is 52.1 Å². The molecular weight excluding hydrogens is 276 g/mol. The predicted octanol–water partition coefficient (Wildman–Crippen LogP) is 2.80. The fourth-order valence-electron chi connectivity index (χ4n) is 2.69. The minimum absolute atomic E-state index is 0.00924. The van der Waals surface area contributed by atoms with E-state index in [1.165, 1.54) is 18.5 Å². The number of nitrogens with two attached hydrogens (primary N) is 1. The quantitative estimate of drug-likeness (QED) is 0.929. The molecule has 0 bridgehead atoms. The number of likely N-dealkylation sites (tertiary alicyclic amines) is 1. The molecule has 1 heterocycles. The van der Waals surface area contributed by atoms with E-state index in [1.54, 1.807) is 0 Å². The van der Waals surface area contributed by atoms with Gasteiger partial charge in [0.25, 0.3) is 0 Å². The van der Waals surface area contributed by atoms with Gasteiger partial charge in [0.1, 0.15) is 0 Å². The lowest BCUT2D eigenvalue weighted by atomic mass is 9.85. The lowest BCUT2D eigenvalue weighted by Crippen LogP contribution is -2.53. The largest absolute Gasteiger partial charge is 0.324 e. The number of aryl methyl sites for hydroxylation is 1. The van der Waals surface area contributed by atoms with Crippen molar-refractivity contribution < 1.29 is 0 Å². The smallest absolute Gasteiger partial charge is 0.0286 e. The van der Waals surface area contributed by atoms with Crippen molar-refractivity contribution in [3.63, 3.8) is 0 Å². The van der Waals surface area contributed by atoms with E-state index in [1.807, 2.05) is 0 Å². The topological polar surface area (TPSA) is 29.3 Å². The van der Waals surface area contributed by atoms with Crippen LogP contribution in [0.1, 0.15) is 24.8 Å². The van der Waals surface area contributed by atoms with Gasteiger partial charge in [0.2, 0.25) is 0 Å². The van der Waals surface area contributed by atoms with Gasteiger partial charge in [-0.25, -0.2) is 0 Å². The van der Waals surface area contributed by atoms with E-state index in [4.69, 9.17) is 5.73 Å². The zero-order valence-electron chi connectivity index (χ0n) is 10.5. The average molecular weight is 297 g/mol. The van der Waals surface area contributed by atoms with Gasteiger partial charge in [-0.3, -0.25) is 0 Å². The number of hydrogen-bond acceptors (Lipinski definition) is 2. The van der Waals surface area contributed by atoms with Crippen LogP contribution in [0.2, 0.25) is 0 Å². The lowest BCUT2D eigenvalue weighted by Gasteiger charge is -2.38. The van der Waals surface area contributed by atoms with Gasteiger partial charge in [-0.05, 0) is 57.0 Å². The predicted molar refractivity (Wildman–Crippen MR) is 76.1 cm³/mol. The van der Waals surface area contributed by atoms with Crippen molar-refractivity contribution in [3.05, 3.63) is 34.3 Å². The van der Waals surface area contributed by atoms with Gasteiger partial charge < -0.3 is 10.6 Å². The van der Waals surface area contributed by atoms with Crippen LogP contribution >= 0.6 is 15.9 Å². The van der Waals surface area contributed by atoms with Crippen molar-refractivity contribution in [2.45, 2.75) is 31.2 Å². The van der Waals surface area contributed by atoms with Crippen molar-refractivity contribution in [2.24, 2.45) is 5.73 Å². The maximum atomic E-state index is 6.48. The number of nitrogens with zero attached hydrogens (tertiary/aromatic N) is 1. The summed E-state index contributed by atoms with van der Waals surface area (Å²) in [5.41, 5.74) is 7.86. The fourth-order valence-corrected chi connectivity index (χ4v) is 3.13. The molecule has 1 aliphatic heterocycles. The Kier molecular flexibility index (Phi) is 4.23. The molecule has 1 saturated heterocycles. The summed E-state index contributed by atoms with van der Waals surface area (Å²) in [7, 11) is 2.17. The minimum atomic E-state index is 0.00924. The summed E-state index contributed by atoms with van der Waals surface area (Å²) in [5, 5.41) is 0. The third kappa shape index (κ3) is 3.80.